The van der Waals surface area contributed by atoms with Crippen LogP contribution in [0.15, 0.2) is 42.5 Å². The Balaban J connectivity index is 1.89. The van der Waals surface area contributed by atoms with Gasteiger partial charge < -0.3 is 19.3 Å². The largest absolute Gasteiger partial charge is 0.457 e. The van der Waals surface area contributed by atoms with Gasteiger partial charge in [-0.25, -0.2) is 4.79 Å². The minimum atomic E-state index is -0.584. The summed E-state index contributed by atoms with van der Waals surface area (Å²) in [7, 11) is 1.70. The van der Waals surface area contributed by atoms with Gasteiger partial charge >= 0.3 is 6.09 Å². The van der Waals surface area contributed by atoms with E-state index in [0.717, 1.165) is 12.8 Å². The molecule has 0 radical (unpaired) electrons. The first-order chi connectivity index (χ1) is 15.1. The van der Waals surface area contributed by atoms with Crippen LogP contribution >= 0.6 is 0 Å². The predicted molar refractivity (Wildman–Crippen MR) is 124 cm³/mol. The lowest BCUT2D eigenvalue weighted by atomic mass is 10.1. The molecule has 0 unspecified atom stereocenters. The summed E-state index contributed by atoms with van der Waals surface area (Å²) in [6, 6.07) is 12.4. The lowest BCUT2D eigenvalue weighted by Crippen LogP contribution is -2.43. The molecule has 8 nitrogen and oxygen atoms in total. The molecule has 2 aromatic carbocycles. The van der Waals surface area contributed by atoms with Crippen LogP contribution < -0.4 is 9.64 Å². The maximum Gasteiger partial charge on any atom is 0.410 e. The number of nitrogens with zero attached hydrogens (tertiary/aromatic N) is 3. The molecule has 0 spiro atoms. The summed E-state index contributed by atoms with van der Waals surface area (Å²) in [5, 5.41) is 11.8. The highest BCUT2D eigenvalue weighted by Crippen LogP contribution is 2.42. The number of benzene rings is 2. The third-order valence-corrected chi connectivity index (χ3v) is 5.38. The molecule has 3 rings (SSSR count). The lowest BCUT2D eigenvalue weighted by molar-refractivity contribution is -0.384. The number of amides is 1. The number of nitro groups is 1. The van der Waals surface area contributed by atoms with Gasteiger partial charge in [-0.1, -0.05) is 18.2 Å². The highest BCUT2D eigenvalue weighted by molar-refractivity contribution is 5.73. The second kappa shape index (κ2) is 9.46. The zero-order valence-corrected chi connectivity index (χ0v) is 19.3. The molecule has 32 heavy (non-hydrogen) atoms. The van der Waals surface area contributed by atoms with Crippen molar-refractivity contribution in [2.24, 2.45) is 0 Å². The Morgan fingerprint density at radius 3 is 2.53 bits per heavy atom. The Labute approximate surface area is 188 Å². The Hall–Kier alpha value is -3.29. The number of hydrogen-bond donors (Lipinski definition) is 0. The zero-order chi connectivity index (χ0) is 23.5. The molecule has 0 bridgehead atoms. The summed E-state index contributed by atoms with van der Waals surface area (Å²) < 4.78 is 11.5. The molecule has 8 heteroatoms. The van der Waals surface area contributed by atoms with Crippen LogP contribution in [-0.4, -0.2) is 47.7 Å². The van der Waals surface area contributed by atoms with Crippen LogP contribution in [0.2, 0.25) is 0 Å². The molecule has 2 aromatic rings. The minimum absolute atomic E-state index is 0.0368. The van der Waals surface area contributed by atoms with E-state index >= 15 is 0 Å². The van der Waals surface area contributed by atoms with Gasteiger partial charge in [0.2, 0.25) is 0 Å². The molecule has 0 aliphatic carbocycles. The van der Waals surface area contributed by atoms with Crippen molar-refractivity contribution < 1.29 is 19.2 Å². The Morgan fingerprint density at radius 1 is 1.22 bits per heavy atom. The molecular weight excluding hydrogens is 410 g/mol. The van der Waals surface area contributed by atoms with Crippen molar-refractivity contribution in [3.05, 3.63) is 58.1 Å². The van der Waals surface area contributed by atoms with Crippen LogP contribution in [0.3, 0.4) is 0 Å². The van der Waals surface area contributed by atoms with Crippen LogP contribution in [0.5, 0.6) is 11.5 Å². The molecule has 0 aromatic heterocycles. The first kappa shape index (κ1) is 23.4. The number of nitro benzene ring substituents is 1. The molecule has 1 atom stereocenters. The average molecular weight is 442 g/mol. The standard InChI is InChI=1S/C24H31N3O5/c1-17-21(31-19-11-7-6-8-12-19)14-13-20(27(29)30)22(17)26-15-9-10-18(26)16-25(5)23(28)32-24(2,3)4/h6-8,11-14,18H,9-10,15-16H2,1-5H3/t18-/m1/s1. The van der Waals surface area contributed by atoms with Crippen molar-refractivity contribution in [1.29, 1.82) is 0 Å². The normalized spacial score (nSPS) is 16.0. The van der Waals surface area contributed by atoms with E-state index in [0.29, 0.717) is 35.8 Å². The average Bonchev–Trinajstić information content (AvgIpc) is 3.16. The van der Waals surface area contributed by atoms with E-state index in [4.69, 9.17) is 9.47 Å². The minimum Gasteiger partial charge on any atom is -0.457 e. The second-order valence-corrected chi connectivity index (χ2v) is 9.08. The van der Waals surface area contributed by atoms with Crippen molar-refractivity contribution in [2.45, 2.75) is 52.2 Å². The maximum absolute atomic E-state index is 12.4. The van der Waals surface area contributed by atoms with Crippen molar-refractivity contribution >= 4 is 17.5 Å². The maximum atomic E-state index is 12.4. The van der Waals surface area contributed by atoms with E-state index in [9.17, 15) is 14.9 Å². The number of rotatable bonds is 6. The number of carbonyl (C=O) groups is 1. The Kier molecular flexibility index (Phi) is 6.91. The highest BCUT2D eigenvalue weighted by atomic mass is 16.6. The predicted octanol–water partition coefficient (Wildman–Crippen LogP) is 5.53. The molecular formula is C24H31N3O5. The van der Waals surface area contributed by atoms with E-state index < -0.39 is 11.7 Å². The molecule has 172 valence electrons. The smallest absolute Gasteiger partial charge is 0.410 e. The summed E-state index contributed by atoms with van der Waals surface area (Å²) in [6.45, 7) is 8.40. The third-order valence-electron chi connectivity index (χ3n) is 5.38. The number of hydrogen-bond acceptors (Lipinski definition) is 6. The quantitative estimate of drug-likeness (QED) is 0.433. The molecule has 1 aliphatic heterocycles. The number of carbonyl (C=O) groups excluding carboxylic acids is 1. The molecule has 1 heterocycles. The van der Waals surface area contributed by atoms with Gasteiger partial charge in [0, 0.05) is 37.8 Å². The number of para-hydroxylation sites is 1. The second-order valence-electron chi connectivity index (χ2n) is 9.08. The number of anilines is 1. The third kappa shape index (κ3) is 5.49. The van der Waals surface area contributed by atoms with Crippen molar-refractivity contribution in [3.8, 4) is 11.5 Å². The topological polar surface area (TPSA) is 85.2 Å². The van der Waals surface area contributed by atoms with Crippen LogP contribution in [0, 0.1) is 17.0 Å². The summed E-state index contributed by atoms with van der Waals surface area (Å²) in [5.74, 6) is 1.24. The Morgan fingerprint density at radius 2 is 1.91 bits per heavy atom. The van der Waals surface area contributed by atoms with Crippen molar-refractivity contribution in [2.75, 3.05) is 25.0 Å². The van der Waals surface area contributed by atoms with Gasteiger partial charge in [0.15, 0.2) is 0 Å². The fourth-order valence-corrected chi connectivity index (χ4v) is 3.95. The summed E-state index contributed by atoms with van der Waals surface area (Å²) in [5.41, 5.74) is 0.701. The van der Waals surface area contributed by atoms with Gasteiger partial charge in [0.25, 0.3) is 5.69 Å². The molecule has 0 saturated carbocycles. The summed E-state index contributed by atoms with van der Waals surface area (Å²) in [6.07, 6.45) is 1.30. The number of likely N-dealkylation sites (N-methyl/N-ethyl adjacent to an activating group) is 1. The van der Waals surface area contributed by atoms with Gasteiger partial charge in [-0.15, -0.1) is 0 Å². The van der Waals surface area contributed by atoms with E-state index in [-0.39, 0.29) is 16.7 Å². The first-order valence-corrected chi connectivity index (χ1v) is 10.8. The SMILES string of the molecule is Cc1c(Oc2ccccc2)ccc([N+](=O)[O-])c1N1CCC[C@@H]1CN(C)C(=O)OC(C)(C)C. The van der Waals surface area contributed by atoms with Crippen LogP contribution in [0.1, 0.15) is 39.2 Å². The van der Waals surface area contributed by atoms with Crippen LogP contribution in [0.4, 0.5) is 16.2 Å². The summed E-state index contributed by atoms with van der Waals surface area (Å²) >= 11 is 0. The van der Waals surface area contributed by atoms with E-state index in [1.807, 2.05) is 62.9 Å². The van der Waals surface area contributed by atoms with Gasteiger partial charge in [0.1, 0.15) is 22.8 Å². The molecule has 1 fully saturated rings. The van der Waals surface area contributed by atoms with Crippen LogP contribution in [-0.2, 0) is 4.74 Å². The van der Waals surface area contributed by atoms with Crippen molar-refractivity contribution in [1.82, 2.24) is 4.90 Å². The van der Waals surface area contributed by atoms with E-state index in [2.05, 4.69) is 0 Å². The Bertz CT molecular complexity index is 972. The van der Waals surface area contributed by atoms with E-state index in [1.165, 1.54) is 6.07 Å². The van der Waals surface area contributed by atoms with Crippen molar-refractivity contribution in [3.63, 3.8) is 0 Å². The number of ether oxygens (including phenoxy) is 2. The lowest BCUT2D eigenvalue weighted by Gasteiger charge is -2.32. The molecule has 1 amide bonds. The fraction of sp³-hybridized carbons (Fsp3) is 0.458. The highest BCUT2D eigenvalue weighted by Gasteiger charge is 2.34. The monoisotopic (exact) mass is 441 g/mol. The van der Waals surface area contributed by atoms with Crippen LogP contribution in [0.25, 0.3) is 0 Å². The fourth-order valence-electron chi connectivity index (χ4n) is 3.95. The molecule has 1 aliphatic rings. The van der Waals surface area contributed by atoms with Gasteiger partial charge in [0.05, 0.1) is 4.92 Å². The van der Waals surface area contributed by atoms with E-state index in [1.54, 1.807) is 18.0 Å². The van der Waals surface area contributed by atoms with Gasteiger partial charge in [-0.05, 0) is 58.7 Å². The molecule has 0 N–H and O–H groups in total. The first-order valence-electron chi connectivity index (χ1n) is 10.8. The summed E-state index contributed by atoms with van der Waals surface area (Å²) in [4.78, 5) is 27.5. The van der Waals surface area contributed by atoms with Gasteiger partial charge in [-0.2, -0.15) is 0 Å². The van der Waals surface area contributed by atoms with Gasteiger partial charge in [-0.3, -0.25) is 10.1 Å². The molecule has 1 saturated heterocycles. The zero-order valence-electron chi connectivity index (χ0n) is 19.3.